The minimum Gasteiger partial charge on any atom is -0.455 e. The van der Waals surface area contributed by atoms with Gasteiger partial charge in [0.25, 0.3) is 0 Å². The molecule has 0 fully saturated rings. The van der Waals surface area contributed by atoms with E-state index in [4.69, 9.17) is 14.4 Å². The molecule has 0 aliphatic rings. The number of hydrogen-bond acceptors (Lipinski definition) is 3. The summed E-state index contributed by atoms with van der Waals surface area (Å²) in [5, 5.41) is 4.29. The highest BCUT2D eigenvalue weighted by atomic mass is 16.3. The van der Waals surface area contributed by atoms with Crippen molar-refractivity contribution in [2.75, 3.05) is 0 Å². The first-order valence-corrected chi connectivity index (χ1v) is 15.2. The van der Waals surface area contributed by atoms with Crippen molar-refractivity contribution in [1.29, 1.82) is 0 Å². The minimum atomic E-state index is 0.852. The van der Waals surface area contributed by atoms with Crippen molar-refractivity contribution in [2.45, 2.75) is 0 Å². The lowest BCUT2D eigenvalue weighted by Gasteiger charge is -2.14. The number of benzene rings is 7. The van der Waals surface area contributed by atoms with E-state index >= 15 is 0 Å². The van der Waals surface area contributed by atoms with Crippen LogP contribution in [0.15, 0.2) is 162 Å². The third kappa shape index (κ3) is 4.29. The first-order valence-electron chi connectivity index (χ1n) is 15.2. The molecule has 9 aromatic rings. The van der Waals surface area contributed by atoms with Gasteiger partial charge < -0.3 is 4.42 Å². The normalized spacial score (nSPS) is 11.6. The second-order valence-electron chi connectivity index (χ2n) is 11.4. The highest BCUT2D eigenvalue weighted by molar-refractivity contribution is 6.20. The van der Waals surface area contributed by atoms with Crippen LogP contribution in [-0.4, -0.2) is 9.97 Å². The summed E-state index contributed by atoms with van der Waals surface area (Å²) >= 11 is 0. The van der Waals surface area contributed by atoms with Gasteiger partial charge in [-0.3, -0.25) is 0 Å². The van der Waals surface area contributed by atoms with Gasteiger partial charge in [0.2, 0.25) is 0 Å². The summed E-state index contributed by atoms with van der Waals surface area (Å²) in [4.78, 5) is 10.6. The standard InChI is InChI=1S/C42H26N2O/c1-3-12-27(13-4-1)29-16-11-17-31(24-29)40-41(44-38-21-10-9-20-37(38)43-40)35-26-36-34-25-30(28-14-5-2-6-15-28)22-23-39(34)45-42(36)33-19-8-7-18-32(33)35/h1-26H. The van der Waals surface area contributed by atoms with Gasteiger partial charge in [0, 0.05) is 27.3 Å². The lowest BCUT2D eigenvalue weighted by molar-refractivity contribution is 0.673. The van der Waals surface area contributed by atoms with E-state index in [1.807, 2.05) is 36.4 Å². The van der Waals surface area contributed by atoms with Crippen LogP contribution < -0.4 is 0 Å². The van der Waals surface area contributed by atoms with Gasteiger partial charge in [0.15, 0.2) is 0 Å². The van der Waals surface area contributed by atoms with E-state index in [-0.39, 0.29) is 0 Å². The largest absolute Gasteiger partial charge is 0.455 e. The summed E-state index contributed by atoms with van der Waals surface area (Å²) in [5.74, 6) is 0. The van der Waals surface area contributed by atoms with Gasteiger partial charge in [0.05, 0.1) is 22.4 Å². The van der Waals surface area contributed by atoms with Gasteiger partial charge >= 0.3 is 0 Å². The highest BCUT2D eigenvalue weighted by Gasteiger charge is 2.20. The van der Waals surface area contributed by atoms with E-state index in [2.05, 4.69) is 121 Å². The first kappa shape index (κ1) is 25.4. The van der Waals surface area contributed by atoms with Gasteiger partial charge in [-0.2, -0.15) is 0 Å². The third-order valence-corrected chi connectivity index (χ3v) is 8.65. The lowest BCUT2D eigenvalue weighted by Crippen LogP contribution is -1.96. The lowest BCUT2D eigenvalue weighted by atomic mass is 9.94. The Morgan fingerprint density at radius 2 is 0.933 bits per heavy atom. The molecule has 2 aromatic heterocycles. The van der Waals surface area contributed by atoms with Gasteiger partial charge in [-0.15, -0.1) is 0 Å². The molecule has 0 aliphatic heterocycles. The fraction of sp³-hybridized carbons (Fsp3) is 0. The van der Waals surface area contributed by atoms with Gasteiger partial charge in [-0.25, -0.2) is 9.97 Å². The summed E-state index contributed by atoms with van der Waals surface area (Å²) in [5.41, 5.74) is 11.9. The number of furan rings is 1. The molecule has 0 bridgehead atoms. The van der Waals surface area contributed by atoms with Crippen LogP contribution in [0.25, 0.3) is 88.5 Å². The predicted molar refractivity (Wildman–Crippen MR) is 186 cm³/mol. The second kappa shape index (κ2) is 10.3. The number of nitrogens with zero attached hydrogens (tertiary/aromatic N) is 2. The molecule has 0 unspecified atom stereocenters. The average Bonchev–Trinajstić information content (AvgIpc) is 3.50. The Balaban J connectivity index is 1.35. The molecule has 0 aliphatic carbocycles. The molecule has 0 saturated carbocycles. The maximum atomic E-state index is 6.56. The fourth-order valence-electron chi connectivity index (χ4n) is 6.47. The number of para-hydroxylation sites is 2. The zero-order valence-electron chi connectivity index (χ0n) is 24.3. The Kier molecular flexibility index (Phi) is 5.82. The molecule has 210 valence electrons. The number of rotatable bonds is 4. The Labute approximate surface area is 260 Å². The second-order valence-corrected chi connectivity index (χ2v) is 11.4. The maximum Gasteiger partial charge on any atom is 0.143 e. The molecule has 3 heteroatoms. The topological polar surface area (TPSA) is 38.9 Å². The van der Waals surface area contributed by atoms with E-state index in [0.717, 1.165) is 77.4 Å². The molecule has 0 atom stereocenters. The fourth-order valence-corrected chi connectivity index (χ4v) is 6.47. The van der Waals surface area contributed by atoms with E-state index in [0.29, 0.717) is 0 Å². The average molecular weight is 575 g/mol. The van der Waals surface area contributed by atoms with Crippen LogP contribution in [0, 0.1) is 0 Å². The van der Waals surface area contributed by atoms with Crippen molar-refractivity contribution in [1.82, 2.24) is 9.97 Å². The van der Waals surface area contributed by atoms with Gasteiger partial charge in [0.1, 0.15) is 11.2 Å². The Bertz CT molecular complexity index is 2530. The Morgan fingerprint density at radius 3 is 1.67 bits per heavy atom. The zero-order valence-corrected chi connectivity index (χ0v) is 24.3. The van der Waals surface area contributed by atoms with E-state index < -0.39 is 0 Å². The molecular weight excluding hydrogens is 548 g/mol. The summed E-state index contributed by atoms with van der Waals surface area (Å²) in [6.07, 6.45) is 0. The summed E-state index contributed by atoms with van der Waals surface area (Å²) in [6, 6.07) is 54.8. The number of hydrogen-bond donors (Lipinski definition) is 0. The van der Waals surface area contributed by atoms with E-state index in [9.17, 15) is 0 Å². The van der Waals surface area contributed by atoms with Crippen LogP contribution in [-0.2, 0) is 0 Å². The highest BCUT2D eigenvalue weighted by Crippen LogP contribution is 2.43. The van der Waals surface area contributed by atoms with Crippen LogP contribution >= 0.6 is 0 Å². The van der Waals surface area contributed by atoms with Gasteiger partial charge in [-0.1, -0.05) is 121 Å². The smallest absolute Gasteiger partial charge is 0.143 e. The number of aromatic nitrogens is 2. The Hall–Kier alpha value is -6.06. The SMILES string of the molecule is c1ccc(-c2cccc(-c3nc4ccccc4nc3-c3cc4c5cc(-c6ccccc6)ccc5oc4c4ccccc34)c2)cc1. The molecule has 3 nitrogen and oxygen atoms in total. The minimum absolute atomic E-state index is 0.852. The summed E-state index contributed by atoms with van der Waals surface area (Å²) in [6.45, 7) is 0. The molecule has 0 radical (unpaired) electrons. The van der Waals surface area contributed by atoms with Crippen molar-refractivity contribution in [3.05, 3.63) is 158 Å². The van der Waals surface area contributed by atoms with E-state index in [1.165, 1.54) is 11.1 Å². The monoisotopic (exact) mass is 574 g/mol. The molecule has 0 spiro atoms. The molecule has 9 rings (SSSR count). The molecule has 0 saturated heterocycles. The maximum absolute atomic E-state index is 6.56. The van der Waals surface area contributed by atoms with Crippen molar-refractivity contribution < 1.29 is 4.42 Å². The summed E-state index contributed by atoms with van der Waals surface area (Å²) in [7, 11) is 0. The van der Waals surface area contributed by atoms with Crippen LogP contribution in [0.1, 0.15) is 0 Å². The van der Waals surface area contributed by atoms with Crippen molar-refractivity contribution in [3.63, 3.8) is 0 Å². The van der Waals surface area contributed by atoms with Gasteiger partial charge in [-0.05, 0) is 64.0 Å². The van der Waals surface area contributed by atoms with Crippen LogP contribution in [0.3, 0.4) is 0 Å². The van der Waals surface area contributed by atoms with Crippen LogP contribution in [0.2, 0.25) is 0 Å². The molecular formula is C42H26N2O. The number of fused-ring (bicyclic) bond motifs is 6. The Morgan fingerprint density at radius 1 is 0.356 bits per heavy atom. The zero-order chi connectivity index (χ0) is 29.7. The summed E-state index contributed by atoms with van der Waals surface area (Å²) < 4.78 is 6.56. The molecule has 45 heavy (non-hydrogen) atoms. The molecule has 0 N–H and O–H groups in total. The van der Waals surface area contributed by atoms with Crippen LogP contribution in [0.5, 0.6) is 0 Å². The predicted octanol–water partition coefficient (Wildman–Crippen LogP) is 11.4. The van der Waals surface area contributed by atoms with Crippen LogP contribution in [0.4, 0.5) is 0 Å². The van der Waals surface area contributed by atoms with Crippen molar-refractivity contribution in [3.8, 4) is 44.8 Å². The van der Waals surface area contributed by atoms with E-state index in [1.54, 1.807) is 0 Å². The quantitative estimate of drug-likeness (QED) is 0.210. The molecule has 2 heterocycles. The molecule has 7 aromatic carbocycles. The van der Waals surface area contributed by atoms with Crippen molar-refractivity contribution >= 4 is 43.7 Å². The molecule has 0 amide bonds. The van der Waals surface area contributed by atoms with Crippen molar-refractivity contribution in [2.24, 2.45) is 0 Å². The third-order valence-electron chi connectivity index (χ3n) is 8.65. The first-order chi connectivity index (χ1) is 22.3.